The fourth-order valence-corrected chi connectivity index (χ4v) is 3.11. The van der Waals surface area contributed by atoms with Gasteiger partial charge in [-0.2, -0.15) is 0 Å². The summed E-state index contributed by atoms with van der Waals surface area (Å²) in [6, 6.07) is 14.3. The van der Waals surface area contributed by atoms with Crippen LogP contribution in [0.25, 0.3) is 0 Å². The zero-order chi connectivity index (χ0) is 22.6. The minimum absolute atomic E-state index is 0.0565. The second-order valence-corrected chi connectivity index (χ2v) is 8.43. The summed E-state index contributed by atoms with van der Waals surface area (Å²) < 4.78 is 20.2. The van der Waals surface area contributed by atoms with E-state index in [1.54, 1.807) is 31.4 Å². The lowest BCUT2D eigenvalue weighted by molar-refractivity contribution is 0.482. The maximum atomic E-state index is 14.3. The number of rotatable bonds is 7. The van der Waals surface area contributed by atoms with Crippen molar-refractivity contribution in [2.75, 3.05) is 42.0 Å². The number of benzene rings is 2. The maximum Gasteiger partial charge on any atom is 0.146 e. The van der Waals surface area contributed by atoms with Crippen LogP contribution in [0, 0.1) is 5.82 Å². The third-order valence-corrected chi connectivity index (χ3v) is 4.97. The molecular formula is C24H30FN5O. The largest absolute Gasteiger partial charge is 0.457 e. The Bertz CT molecular complexity index is 1050. The summed E-state index contributed by atoms with van der Waals surface area (Å²) in [5, 5.41) is 6.14. The van der Waals surface area contributed by atoms with Gasteiger partial charge in [-0.05, 0) is 41.3 Å². The number of pyridine rings is 1. The van der Waals surface area contributed by atoms with Crippen LogP contribution >= 0.6 is 0 Å². The van der Waals surface area contributed by atoms with E-state index in [-0.39, 0.29) is 11.2 Å². The van der Waals surface area contributed by atoms with Gasteiger partial charge in [-0.15, -0.1) is 0 Å². The standard InChI is InChI=1S/C24H30FN5O/c1-24(2,3)16-6-8-19(25)21(12-16)29-15-30(5)22-9-7-17(13-20(22)26)31-18-10-11-28-23(14-18)27-4/h6-14,29H,15,26H2,1-5H3,(H,27,28). The van der Waals surface area contributed by atoms with Gasteiger partial charge in [-0.3, -0.25) is 0 Å². The zero-order valence-electron chi connectivity index (χ0n) is 18.7. The fraction of sp³-hybridized carbons (Fsp3) is 0.292. The molecule has 0 aliphatic carbocycles. The SMILES string of the molecule is CNc1cc(Oc2ccc(N(C)CNc3cc(C(C)(C)C)ccc3F)c(N)c2)ccn1. The van der Waals surface area contributed by atoms with Gasteiger partial charge < -0.3 is 26.0 Å². The van der Waals surface area contributed by atoms with Crippen LogP contribution in [0.3, 0.4) is 0 Å². The molecule has 0 saturated heterocycles. The lowest BCUT2D eigenvalue weighted by Gasteiger charge is -2.24. The van der Waals surface area contributed by atoms with Crippen LogP contribution in [0.2, 0.25) is 0 Å². The van der Waals surface area contributed by atoms with Crippen LogP contribution in [0.1, 0.15) is 26.3 Å². The first kappa shape index (κ1) is 22.2. The molecule has 3 aromatic rings. The van der Waals surface area contributed by atoms with Gasteiger partial charge >= 0.3 is 0 Å². The predicted molar refractivity (Wildman–Crippen MR) is 127 cm³/mol. The van der Waals surface area contributed by atoms with E-state index in [1.165, 1.54) is 6.07 Å². The number of aromatic nitrogens is 1. The van der Waals surface area contributed by atoms with Gasteiger partial charge in [0.15, 0.2) is 0 Å². The molecule has 1 aromatic heterocycles. The molecule has 7 heteroatoms. The summed E-state index contributed by atoms with van der Waals surface area (Å²) in [5.74, 6) is 1.72. The van der Waals surface area contributed by atoms with Crippen molar-refractivity contribution in [1.29, 1.82) is 0 Å². The Labute approximate surface area is 183 Å². The van der Waals surface area contributed by atoms with E-state index in [0.29, 0.717) is 29.5 Å². The summed E-state index contributed by atoms with van der Waals surface area (Å²) in [7, 11) is 3.70. The van der Waals surface area contributed by atoms with Crippen LogP contribution in [0.15, 0.2) is 54.7 Å². The Morgan fingerprint density at radius 2 is 1.81 bits per heavy atom. The van der Waals surface area contributed by atoms with Gasteiger partial charge in [0, 0.05) is 32.4 Å². The minimum Gasteiger partial charge on any atom is -0.457 e. The molecule has 3 rings (SSSR count). The molecule has 0 unspecified atom stereocenters. The van der Waals surface area contributed by atoms with Gasteiger partial charge in [-0.1, -0.05) is 26.8 Å². The molecule has 0 bridgehead atoms. The van der Waals surface area contributed by atoms with Gasteiger partial charge in [0.25, 0.3) is 0 Å². The fourth-order valence-electron chi connectivity index (χ4n) is 3.11. The van der Waals surface area contributed by atoms with E-state index < -0.39 is 0 Å². The summed E-state index contributed by atoms with van der Waals surface area (Å²) >= 11 is 0. The molecule has 4 N–H and O–H groups in total. The lowest BCUT2D eigenvalue weighted by Crippen LogP contribution is -2.26. The molecular weight excluding hydrogens is 393 g/mol. The third kappa shape index (κ3) is 5.57. The molecule has 31 heavy (non-hydrogen) atoms. The highest BCUT2D eigenvalue weighted by Gasteiger charge is 2.16. The minimum atomic E-state index is -0.281. The van der Waals surface area contributed by atoms with Gasteiger partial charge in [0.1, 0.15) is 23.1 Å². The highest BCUT2D eigenvalue weighted by atomic mass is 19.1. The second kappa shape index (κ2) is 9.12. The van der Waals surface area contributed by atoms with E-state index in [2.05, 4.69) is 36.4 Å². The highest BCUT2D eigenvalue weighted by molar-refractivity contribution is 5.70. The quantitative estimate of drug-likeness (QED) is 0.347. The van der Waals surface area contributed by atoms with E-state index in [9.17, 15) is 4.39 Å². The van der Waals surface area contributed by atoms with E-state index >= 15 is 0 Å². The van der Waals surface area contributed by atoms with Crippen molar-refractivity contribution in [2.24, 2.45) is 0 Å². The molecule has 0 radical (unpaired) electrons. The van der Waals surface area contributed by atoms with Crippen molar-refractivity contribution in [3.63, 3.8) is 0 Å². The van der Waals surface area contributed by atoms with Gasteiger partial charge in [-0.25, -0.2) is 9.37 Å². The normalized spacial score (nSPS) is 11.2. The molecule has 0 amide bonds. The lowest BCUT2D eigenvalue weighted by atomic mass is 9.87. The van der Waals surface area contributed by atoms with Gasteiger partial charge in [0.05, 0.1) is 23.7 Å². The van der Waals surface area contributed by atoms with E-state index in [0.717, 1.165) is 17.1 Å². The Hall–Kier alpha value is -3.48. The average Bonchev–Trinajstić information content (AvgIpc) is 2.72. The van der Waals surface area contributed by atoms with Crippen molar-refractivity contribution in [1.82, 2.24) is 4.98 Å². The van der Waals surface area contributed by atoms with E-state index in [1.807, 2.05) is 36.2 Å². The molecule has 6 nitrogen and oxygen atoms in total. The smallest absolute Gasteiger partial charge is 0.146 e. The first-order chi connectivity index (χ1) is 14.7. The number of hydrogen-bond donors (Lipinski definition) is 3. The van der Waals surface area contributed by atoms with Crippen molar-refractivity contribution < 1.29 is 9.13 Å². The summed E-state index contributed by atoms with van der Waals surface area (Å²) in [6.45, 7) is 6.70. The molecule has 0 atom stereocenters. The number of ether oxygens (including phenoxy) is 1. The maximum absolute atomic E-state index is 14.3. The molecule has 2 aromatic carbocycles. The number of hydrogen-bond acceptors (Lipinski definition) is 6. The number of nitrogen functional groups attached to an aromatic ring is 1. The third-order valence-electron chi connectivity index (χ3n) is 4.97. The van der Waals surface area contributed by atoms with Crippen LogP contribution < -0.4 is 26.0 Å². The van der Waals surface area contributed by atoms with Crippen molar-refractivity contribution in [3.8, 4) is 11.5 Å². The molecule has 0 aliphatic heterocycles. The molecule has 0 aliphatic rings. The van der Waals surface area contributed by atoms with Crippen molar-refractivity contribution in [3.05, 3.63) is 66.1 Å². The highest BCUT2D eigenvalue weighted by Crippen LogP contribution is 2.31. The molecule has 0 fully saturated rings. The van der Waals surface area contributed by atoms with E-state index in [4.69, 9.17) is 10.5 Å². The number of nitrogens with one attached hydrogen (secondary N) is 2. The summed E-state index contributed by atoms with van der Waals surface area (Å²) in [4.78, 5) is 6.09. The monoisotopic (exact) mass is 423 g/mol. The summed E-state index contributed by atoms with van der Waals surface area (Å²) in [5.41, 5.74) is 9.12. The summed E-state index contributed by atoms with van der Waals surface area (Å²) in [6.07, 6.45) is 1.67. The van der Waals surface area contributed by atoms with Crippen LogP contribution in [0.5, 0.6) is 11.5 Å². The first-order valence-electron chi connectivity index (χ1n) is 10.1. The van der Waals surface area contributed by atoms with Crippen molar-refractivity contribution in [2.45, 2.75) is 26.2 Å². The number of anilines is 4. The Kier molecular flexibility index (Phi) is 6.53. The second-order valence-electron chi connectivity index (χ2n) is 8.43. The van der Waals surface area contributed by atoms with Crippen LogP contribution in [0.4, 0.5) is 27.3 Å². The Balaban J connectivity index is 1.69. The van der Waals surface area contributed by atoms with Gasteiger partial charge in [0.2, 0.25) is 0 Å². The molecule has 164 valence electrons. The van der Waals surface area contributed by atoms with Crippen molar-refractivity contribution >= 4 is 22.9 Å². The number of nitrogens with zero attached hydrogens (tertiary/aromatic N) is 2. The molecule has 1 heterocycles. The predicted octanol–water partition coefficient (Wildman–Crippen LogP) is 5.44. The number of halogens is 1. The molecule has 0 spiro atoms. The Morgan fingerprint density at radius 3 is 2.48 bits per heavy atom. The van der Waals surface area contributed by atoms with Crippen LogP contribution in [-0.2, 0) is 5.41 Å². The average molecular weight is 424 g/mol. The topological polar surface area (TPSA) is 75.4 Å². The Morgan fingerprint density at radius 1 is 1.06 bits per heavy atom. The first-order valence-corrected chi connectivity index (χ1v) is 10.1. The number of nitrogens with two attached hydrogens (primary N) is 1. The molecule has 0 saturated carbocycles. The zero-order valence-corrected chi connectivity index (χ0v) is 18.7. The van der Waals surface area contributed by atoms with Crippen LogP contribution in [-0.4, -0.2) is 25.7 Å².